The summed E-state index contributed by atoms with van der Waals surface area (Å²) in [6.45, 7) is 1.29. The number of rotatable bonds is 4. The Bertz CT molecular complexity index is 435. The minimum atomic E-state index is -4.76. The Morgan fingerprint density at radius 3 is 2.61 bits per heavy atom. The highest BCUT2D eigenvalue weighted by Gasteiger charge is 2.38. The highest BCUT2D eigenvalue weighted by atomic mass is 19.4. The van der Waals surface area contributed by atoms with Gasteiger partial charge in [-0.1, -0.05) is 0 Å². The van der Waals surface area contributed by atoms with Crippen molar-refractivity contribution >= 4 is 5.97 Å². The molecule has 0 unspecified atom stereocenters. The van der Waals surface area contributed by atoms with Crippen molar-refractivity contribution in [3.05, 3.63) is 23.3 Å². The molecule has 8 heteroatoms. The third kappa shape index (κ3) is 3.39. The largest absolute Gasteiger partial charge is 0.462 e. The molecule has 0 saturated carbocycles. The maximum Gasteiger partial charge on any atom is 0.434 e. The standard InChI is InChI=1S/C10H11F3N2O3/c1-3-18-9(16)6-4-14-7(5-17-2)15-8(6)10(11,12)13/h4H,3,5H2,1-2H3. The van der Waals surface area contributed by atoms with Crippen molar-refractivity contribution in [2.45, 2.75) is 19.7 Å². The number of carbonyl (C=O) groups excluding carboxylic acids is 1. The Kier molecular flexibility index (Phi) is 4.60. The highest BCUT2D eigenvalue weighted by molar-refractivity contribution is 5.90. The number of alkyl halides is 3. The molecule has 5 nitrogen and oxygen atoms in total. The van der Waals surface area contributed by atoms with Gasteiger partial charge in [-0.3, -0.25) is 0 Å². The fraction of sp³-hybridized carbons (Fsp3) is 0.500. The fourth-order valence-corrected chi connectivity index (χ4v) is 1.19. The van der Waals surface area contributed by atoms with E-state index in [9.17, 15) is 18.0 Å². The Labute approximate surface area is 101 Å². The van der Waals surface area contributed by atoms with Crippen molar-refractivity contribution in [3.8, 4) is 0 Å². The van der Waals surface area contributed by atoms with Gasteiger partial charge < -0.3 is 9.47 Å². The molecule has 1 aromatic rings. The van der Waals surface area contributed by atoms with Crippen LogP contribution in [-0.2, 0) is 22.3 Å². The van der Waals surface area contributed by atoms with E-state index in [4.69, 9.17) is 0 Å². The minimum absolute atomic E-state index is 0.0318. The maximum absolute atomic E-state index is 12.7. The third-order valence-electron chi connectivity index (χ3n) is 1.88. The zero-order valence-corrected chi connectivity index (χ0v) is 9.74. The van der Waals surface area contributed by atoms with Crippen LogP contribution in [0.5, 0.6) is 0 Å². The second-order valence-corrected chi connectivity index (χ2v) is 3.20. The SMILES string of the molecule is CCOC(=O)c1cnc(COC)nc1C(F)(F)F. The van der Waals surface area contributed by atoms with E-state index in [-0.39, 0.29) is 19.0 Å². The van der Waals surface area contributed by atoms with Gasteiger partial charge in [-0.05, 0) is 6.92 Å². The Balaban J connectivity index is 3.21. The molecule has 0 aliphatic carbocycles. The molecule has 0 aliphatic rings. The number of methoxy groups -OCH3 is 1. The van der Waals surface area contributed by atoms with Gasteiger partial charge in [-0.15, -0.1) is 0 Å². The van der Waals surface area contributed by atoms with Gasteiger partial charge >= 0.3 is 12.1 Å². The lowest BCUT2D eigenvalue weighted by molar-refractivity contribution is -0.142. The first-order valence-corrected chi connectivity index (χ1v) is 4.99. The summed E-state index contributed by atoms with van der Waals surface area (Å²) in [5.41, 5.74) is -2.02. The number of ether oxygens (including phenoxy) is 2. The molecule has 0 amide bonds. The normalized spacial score (nSPS) is 11.4. The van der Waals surface area contributed by atoms with Gasteiger partial charge in [0.2, 0.25) is 0 Å². The summed E-state index contributed by atoms with van der Waals surface area (Å²) in [4.78, 5) is 18.2. The van der Waals surface area contributed by atoms with Gasteiger partial charge in [0, 0.05) is 13.3 Å². The molecular formula is C10H11F3N2O3. The molecule has 100 valence electrons. The molecule has 18 heavy (non-hydrogen) atoms. The molecule has 0 aromatic carbocycles. The highest BCUT2D eigenvalue weighted by Crippen LogP contribution is 2.30. The van der Waals surface area contributed by atoms with Crippen LogP contribution in [0, 0.1) is 0 Å². The molecule has 1 aromatic heterocycles. The van der Waals surface area contributed by atoms with Crippen LogP contribution in [0.15, 0.2) is 6.20 Å². The number of hydrogen-bond acceptors (Lipinski definition) is 5. The summed E-state index contributed by atoms with van der Waals surface area (Å²) >= 11 is 0. The Hall–Kier alpha value is -1.70. The van der Waals surface area contributed by atoms with Crippen LogP contribution in [-0.4, -0.2) is 29.7 Å². The van der Waals surface area contributed by atoms with E-state index in [1.54, 1.807) is 0 Å². The summed E-state index contributed by atoms with van der Waals surface area (Å²) in [6.07, 6.45) is -3.96. The van der Waals surface area contributed by atoms with Gasteiger partial charge in [0.15, 0.2) is 11.5 Å². The van der Waals surface area contributed by atoms with Crippen molar-refractivity contribution in [1.29, 1.82) is 0 Å². The summed E-state index contributed by atoms with van der Waals surface area (Å²) in [6, 6.07) is 0. The van der Waals surface area contributed by atoms with Crippen molar-refractivity contribution in [2.24, 2.45) is 0 Å². The predicted octanol–water partition coefficient (Wildman–Crippen LogP) is 1.82. The molecule has 1 rings (SSSR count). The van der Waals surface area contributed by atoms with E-state index in [1.165, 1.54) is 14.0 Å². The first kappa shape index (κ1) is 14.4. The summed E-state index contributed by atoms with van der Waals surface area (Å²) in [5, 5.41) is 0. The van der Waals surface area contributed by atoms with Crippen molar-refractivity contribution in [2.75, 3.05) is 13.7 Å². The van der Waals surface area contributed by atoms with E-state index < -0.39 is 23.4 Å². The summed E-state index contributed by atoms with van der Waals surface area (Å²) in [5.74, 6) is -1.26. The zero-order chi connectivity index (χ0) is 13.8. The quantitative estimate of drug-likeness (QED) is 0.776. The van der Waals surface area contributed by atoms with Crippen LogP contribution in [0.1, 0.15) is 28.8 Å². The van der Waals surface area contributed by atoms with Gasteiger partial charge in [0.25, 0.3) is 0 Å². The summed E-state index contributed by atoms with van der Waals surface area (Å²) in [7, 11) is 1.30. The molecule has 0 radical (unpaired) electrons. The molecule has 0 N–H and O–H groups in total. The third-order valence-corrected chi connectivity index (χ3v) is 1.88. The molecule has 1 heterocycles. The number of halogens is 3. The summed E-state index contributed by atoms with van der Waals surface area (Å²) < 4.78 is 47.3. The lowest BCUT2D eigenvalue weighted by atomic mass is 10.2. The molecule has 0 atom stereocenters. The fourth-order valence-electron chi connectivity index (χ4n) is 1.19. The smallest absolute Gasteiger partial charge is 0.434 e. The zero-order valence-electron chi connectivity index (χ0n) is 9.74. The van der Waals surface area contributed by atoms with Gasteiger partial charge in [-0.25, -0.2) is 14.8 Å². The van der Waals surface area contributed by atoms with Crippen LogP contribution in [0.4, 0.5) is 13.2 Å². The molecular weight excluding hydrogens is 253 g/mol. The van der Waals surface area contributed by atoms with Gasteiger partial charge in [-0.2, -0.15) is 13.2 Å². The second kappa shape index (κ2) is 5.76. The van der Waals surface area contributed by atoms with E-state index in [2.05, 4.69) is 19.4 Å². The number of aromatic nitrogens is 2. The number of hydrogen-bond donors (Lipinski definition) is 0. The van der Waals surface area contributed by atoms with Crippen LogP contribution in [0.25, 0.3) is 0 Å². The van der Waals surface area contributed by atoms with E-state index >= 15 is 0 Å². The van der Waals surface area contributed by atoms with Crippen molar-refractivity contribution in [1.82, 2.24) is 9.97 Å². The van der Waals surface area contributed by atoms with Crippen molar-refractivity contribution in [3.63, 3.8) is 0 Å². The van der Waals surface area contributed by atoms with E-state index in [0.29, 0.717) is 0 Å². The number of esters is 1. The maximum atomic E-state index is 12.7. The topological polar surface area (TPSA) is 61.3 Å². The number of carbonyl (C=O) groups is 1. The molecule has 0 bridgehead atoms. The van der Waals surface area contributed by atoms with Crippen LogP contribution in [0.2, 0.25) is 0 Å². The molecule has 0 fully saturated rings. The van der Waals surface area contributed by atoms with Gasteiger partial charge in [0.1, 0.15) is 12.2 Å². The van der Waals surface area contributed by atoms with E-state index in [0.717, 1.165) is 6.20 Å². The molecule has 0 aliphatic heterocycles. The Morgan fingerprint density at radius 1 is 1.44 bits per heavy atom. The van der Waals surface area contributed by atoms with Gasteiger partial charge in [0.05, 0.1) is 6.61 Å². The molecule has 0 spiro atoms. The first-order valence-electron chi connectivity index (χ1n) is 4.99. The second-order valence-electron chi connectivity index (χ2n) is 3.20. The average Bonchev–Trinajstić information content (AvgIpc) is 2.28. The van der Waals surface area contributed by atoms with E-state index in [1.807, 2.05) is 0 Å². The van der Waals surface area contributed by atoms with Crippen LogP contribution < -0.4 is 0 Å². The van der Waals surface area contributed by atoms with Crippen molar-refractivity contribution < 1.29 is 27.4 Å². The lowest BCUT2D eigenvalue weighted by Gasteiger charge is -2.11. The monoisotopic (exact) mass is 264 g/mol. The first-order chi connectivity index (χ1) is 8.40. The van der Waals surface area contributed by atoms with Crippen LogP contribution in [0.3, 0.4) is 0 Å². The van der Waals surface area contributed by atoms with Crippen LogP contribution >= 0.6 is 0 Å². The average molecular weight is 264 g/mol. The Morgan fingerprint density at radius 2 is 2.11 bits per heavy atom. The minimum Gasteiger partial charge on any atom is -0.462 e. The number of nitrogens with zero attached hydrogens (tertiary/aromatic N) is 2. The lowest BCUT2D eigenvalue weighted by Crippen LogP contribution is -2.19. The molecule has 0 saturated heterocycles. The predicted molar refractivity (Wildman–Crippen MR) is 53.7 cm³/mol.